The molecule has 1 atom stereocenters. The van der Waals surface area contributed by atoms with Gasteiger partial charge in [0.2, 0.25) is 0 Å². The highest BCUT2D eigenvalue weighted by atomic mass is 32.2. The third-order valence-electron chi connectivity index (χ3n) is 4.80. The second-order valence-corrected chi connectivity index (χ2v) is 8.97. The normalized spacial score (nSPS) is 12.1. The van der Waals surface area contributed by atoms with Gasteiger partial charge in [-0.15, -0.1) is 11.3 Å². The molecule has 5 nitrogen and oxygen atoms in total. The Morgan fingerprint density at radius 1 is 1.23 bits per heavy atom. The highest BCUT2D eigenvalue weighted by molar-refractivity contribution is 8.00. The van der Waals surface area contributed by atoms with E-state index in [0.717, 1.165) is 32.3 Å². The molecule has 30 heavy (non-hydrogen) atoms. The van der Waals surface area contributed by atoms with Gasteiger partial charge in [-0.05, 0) is 26.0 Å². The molecule has 0 spiro atoms. The van der Waals surface area contributed by atoms with Gasteiger partial charge < -0.3 is 14.5 Å². The van der Waals surface area contributed by atoms with Crippen molar-refractivity contribution in [2.24, 2.45) is 0 Å². The first-order valence-electron chi connectivity index (χ1n) is 9.56. The summed E-state index contributed by atoms with van der Waals surface area (Å²) in [5, 5.41) is 6.03. The van der Waals surface area contributed by atoms with E-state index in [9.17, 15) is 4.79 Å². The summed E-state index contributed by atoms with van der Waals surface area (Å²) in [4.78, 5) is 17.7. The number of methoxy groups -OCH3 is 1. The highest BCUT2D eigenvalue weighted by Crippen LogP contribution is 2.34. The maximum Gasteiger partial charge on any atom is 0.287 e. The van der Waals surface area contributed by atoms with E-state index >= 15 is 0 Å². The monoisotopic (exact) mass is 438 g/mol. The van der Waals surface area contributed by atoms with Gasteiger partial charge in [0.1, 0.15) is 15.7 Å². The van der Waals surface area contributed by atoms with Gasteiger partial charge in [-0.25, -0.2) is 4.98 Å². The maximum absolute atomic E-state index is 13.2. The molecule has 1 N–H and O–H groups in total. The Balaban J connectivity index is 1.61. The van der Waals surface area contributed by atoms with Crippen molar-refractivity contribution in [3.05, 3.63) is 76.5 Å². The lowest BCUT2D eigenvalue weighted by Crippen LogP contribution is -2.27. The summed E-state index contributed by atoms with van der Waals surface area (Å²) in [7, 11) is 1.63. The molecule has 7 heteroatoms. The molecule has 2 aromatic heterocycles. The van der Waals surface area contributed by atoms with Crippen molar-refractivity contribution in [1.29, 1.82) is 0 Å². The SMILES string of the molecule is COc1ccccc1C(C)NC(=O)c1oc2ccccc2c1CSc1nc(C)cs1. The number of hydrogen-bond acceptors (Lipinski definition) is 6. The number of furan rings is 1. The molecule has 0 aliphatic rings. The van der Waals surface area contributed by atoms with Gasteiger partial charge in [-0.1, -0.05) is 48.2 Å². The fourth-order valence-corrected chi connectivity index (χ4v) is 5.20. The average Bonchev–Trinajstić information content (AvgIpc) is 3.35. The van der Waals surface area contributed by atoms with E-state index in [0.29, 0.717) is 17.1 Å². The number of thiazole rings is 1. The molecule has 154 valence electrons. The van der Waals surface area contributed by atoms with Crippen molar-refractivity contribution in [2.75, 3.05) is 7.11 Å². The largest absolute Gasteiger partial charge is 0.496 e. The topological polar surface area (TPSA) is 64.4 Å². The fraction of sp³-hybridized carbons (Fsp3) is 0.217. The van der Waals surface area contributed by atoms with Crippen LogP contribution in [0.15, 0.2) is 62.7 Å². The lowest BCUT2D eigenvalue weighted by Gasteiger charge is -2.17. The molecule has 4 rings (SSSR count). The van der Waals surface area contributed by atoms with Crippen LogP contribution in [-0.2, 0) is 5.75 Å². The molecule has 1 amide bonds. The number of amides is 1. The number of para-hydroxylation sites is 2. The summed E-state index contributed by atoms with van der Waals surface area (Å²) >= 11 is 3.22. The Hall–Kier alpha value is -2.77. The van der Waals surface area contributed by atoms with Gasteiger partial charge >= 0.3 is 0 Å². The van der Waals surface area contributed by atoms with E-state index in [4.69, 9.17) is 9.15 Å². The predicted molar refractivity (Wildman–Crippen MR) is 122 cm³/mol. The zero-order valence-corrected chi connectivity index (χ0v) is 18.6. The number of carbonyl (C=O) groups excluding carboxylic acids is 1. The van der Waals surface area contributed by atoms with Crippen LogP contribution < -0.4 is 10.1 Å². The molecule has 2 aromatic carbocycles. The van der Waals surface area contributed by atoms with E-state index in [-0.39, 0.29) is 11.9 Å². The van der Waals surface area contributed by atoms with Crippen molar-refractivity contribution in [2.45, 2.75) is 30.0 Å². The number of benzene rings is 2. The third-order valence-corrected chi connectivity index (χ3v) is 6.96. The Labute approximate surface area is 183 Å². The number of hydrogen-bond donors (Lipinski definition) is 1. The molecular weight excluding hydrogens is 416 g/mol. The van der Waals surface area contributed by atoms with Crippen molar-refractivity contribution < 1.29 is 13.9 Å². The maximum atomic E-state index is 13.2. The zero-order valence-electron chi connectivity index (χ0n) is 17.0. The predicted octanol–water partition coefficient (Wildman–Crippen LogP) is 5.99. The first-order chi connectivity index (χ1) is 14.6. The molecule has 4 aromatic rings. The first-order valence-corrected chi connectivity index (χ1v) is 11.4. The summed E-state index contributed by atoms with van der Waals surface area (Å²) in [5.41, 5.74) is 3.51. The van der Waals surface area contributed by atoms with Crippen LogP contribution in [0.1, 0.15) is 40.3 Å². The van der Waals surface area contributed by atoms with Crippen LogP contribution in [0.25, 0.3) is 11.0 Å². The molecule has 0 bridgehead atoms. The Kier molecular flexibility index (Phi) is 6.11. The quantitative estimate of drug-likeness (QED) is 0.359. The number of ether oxygens (including phenoxy) is 1. The standard InChI is InChI=1S/C23H22N2O3S2/c1-14-12-29-23(24-14)30-13-18-17-9-5-7-11-20(17)28-21(18)22(26)25-15(2)16-8-4-6-10-19(16)27-3/h4-12,15H,13H2,1-3H3,(H,25,26). The van der Waals surface area contributed by atoms with Gasteiger partial charge in [-0.3, -0.25) is 4.79 Å². The first kappa shape index (κ1) is 20.5. The van der Waals surface area contributed by atoms with Crippen molar-refractivity contribution in [1.82, 2.24) is 10.3 Å². The molecule has 0 fully saturated rings. The van der Waals surface area contributed by atoms with Crippen LogP contribution >= 0.6 is 23.1 Å². The molecule has 0 saturated carbocycles. The fourth-order valence-electron chi connectivity index (χ4n) is 3.32. The van der Waals surface area contributed by atoms with Crippen molar-refractivity contribution in [3.63, 3.8) is 0 Å². The summed E-state index contributed by atoms with van der Waals surface area (Å²) in [5.74, 6) is 1.45. The number of aryl methyl sites for hydroxylation is 1. The average molecular weight is 439 g/mol. The smallest absolute Gasteiger partial charge is 0.287 e. The Bertz CT molecular complexity index is 1180. The molecule has 2 heterocycles. The number of fused-ring (bicyclic) bond motifs is 1. The minimum absolute atomic E-state index is 0.232. The van der Waals surface area contributed by atoms with Gasteiger partial charge in [0.05, 0.1) is 13.2 Å². The minimum Gasteiger partial charge on any atom is -0.496 e. The van der Waals surface area contributed by atoms with Gasteiger partial charge in [0, 0.05) is 33.3 Å². The molecule has 0 aliphatic heterocycles. The summed E-state index contributed by atoms with van der Waals surface area (Å²) in [6, 6.07) is 15.2. The number of aromatic nitrogens is 1. The zero-order chi connectivity index (χ0) is 21.1. The summed E-state index contributed by atoms with van der Waals surface area (Å²) in [6.07, 6.45) is 0. The van der Waals surface area contributed by atoms with Crippen LogP contribution in [0.5, 0.6) is 5.75 Å². The van der Waals surface area contributed by atoms with E-state index in [1.54, 1.807) is 30.2 Å². The number of nitrogens with zero attached hydrogens (tertiary/aromatic N) is 1. The summed E-state index contributed by atoms with van der Waals surface area (Å²) in [6.45, 7) is 3.91. The van der Waals surface area contributed by atoms with Crippen molar-refractivity contribution >= 4 is 40.0 Å². The number of carbonyl (C=O) groups is 1. The molecule has 0 saturated heterocycles. The van der Waals surface area contributed by atoms with Crippen LogP contribution in [0, 0.1) is 6.92 Å². The Morgan fingerprint density at radius 3 is 2.77 bits per heavy atom. The van der Waals surface area contributed by atoms with Gasteiger partial charge in [0.25, 0.3) is 5.91 Å². The van der Waals surface area contributed by atoms with E-state index in [1.807, 2.05) is 67.8 Å². The van der Waals surface area contributed by atoms with Gasteiger partial charge in [-0.2, -0.15) is 0 Å². The van der Waals surface area contributed by atoms with Crippen LogP contribution in [0.3, 0.4) is 0 Å². The third kappa shape index (κ3) is 4.22. The lowest BCUT2D eigenvalue weighted by molar-refractivity contribution is 0.0912. The lowest BCUT2D eigenvalue weighted by atomic mass is 10.1. The van der Waals surface area contributed by atoms with E-state index < -0.39 is 0 Å². The van der Waals surface area contributed by atoms with Gasteiger partial charge in [0.15, 0.2) is 5.76 Å². The molecule has 0 radical (unpaired) electrons. The van der Waals surface area contributed by atoms with E-state index in [1.165, 1.54) is 0 Å². The van der Waals surface area contributed by atoms with Crippen LogP contribution in [0.2, 0.25) is 0 Å². The number of rotatable bonds is 7. The van der Waals surface area contributed by atoms with Crippen LogP contribution in [-0.4, -0.2) is 18.0 Å². The number of thioether (sulfide) groups is 1. The molecular formula is C23H22N2O3S2. The van der Waals surface area contributed by atoms with Crippen LogP contribution in [0.4, 0.5) is 0 Å². The second kappa shape index (κ2) is 8.93. The minimum atomic E-state index is -0.240. The highest BCUT2D eigenvalue weighted by Gasteiger charge is 2.23. The van der Waals surface area contributed by atoms with Crippen molar-refractivity contribution in [3.8, 4) is 5.75 Å². The van der Waals surface area contributed by atoms with E-state index in [2.05, 4.69) is 10.3 Å². The summed E-state index contributed by atoms with van der Waals surface area (Å²) < 4.78 is 12.4. The second-order valence-electron chi connectivity index (χ2n) is 6.89. The number of nitrogens with one attached hydrogen (secondary N) is 1. The molecule has 1 unspecified atom stereocenters. The molecule has 0 aliphatic carbocycles. The Morgan fingerprint density at radius 2 is 2.00 bits per heavy atom.